The molecule has 0 aliphatic rings. The summed E-state index contributed by atoms with van der Waals surface area (Å²) in [5.74, 6) is 1.31. The summed E-state index contributed by atoms with van der Waals surface area (Å²) in [6.45, 7) is 2.54. The van der Waals surface area contributed by atoms with Gasteiger partial charge < -0.3 is 9.72 Å². The van der Waals surface area contributed by atoms with Crippen LogP contribution in [0.1, 0.15) is 11.1 Å². The molecule has 0 unspecified atom stereocenters. The third-order valence-electron chi connectivity index (χ3n) is 6.58. The molecule has 0 amide bonds. The standard InChI is InChI=1S/C31H23N7O/c1-19-6-5-9-21(14-19)27-28-25(12-13-33-27)35-31(36-28)30-29-26(37-38-30)11-10-24(34-29)22-15-23(17-32-16-22)39-18-20-7-3-2-4-8-20/h2-17H,18H2,1H3,(H,35,36)(H,37,38). The highest BCUT2D eigenvalue weighted by Crippen LogP contribution is 2.31. The van der Waals surface area contributed by atoms with E-state index in [1.54, 1.807) is 18.6 Å². The number of rotatable bonds is 6. The number of hydrogen-bond donors (Lipinski definition) is 2. The number of ether oxygens (including phenoxy) is 1. The molecule has 0 bridgehead atoms. The van der Waals surface area contributed by atoms with Crippen LogP contribution in [0.3, 0.4) is 0 Å². The van der Waals surface area contributed by atoms with Gasteiger partial charge in [0.15, 0.2) is 11.5 Å². The first-order valence-electron chi connectivity index (χ1n) is 12.6. The van der Waals surface area contributed by atoms with Gasteiger partial charge in [-0.2, -0.15) is 5.10 Å². The highest BCUT2D eigenvalue weighted by atomic mass is 16.5. The molecule has 39 heavy (non-hydrogen) atoms. The second-order valence-corrected chi connectivity index (χ2v) is 9.36. The lowest BCUT2D eigenvalue weighted by molar-refractivity contribution is 0.305. The fourth-order valence-electron chi connectivity index (χ4n) is 4.65. The number of aryl methyl sites for hydroxylation is 1. The number of pyridine rings is 3. The molecule has 7 aromatic rings. The number of imidazole rings is 1. The lowest BCUT2D eigenvalue weighted by Gasteiger charge is -2.08. The Labute approximate surface area is 223 Å². The summed E-state index contributed by atoms with van der Waals surface area (Å²) in [5, 5.41) is 7.64. The summed E-state index contributed by atoms with van der Waals surface area (Å²) in [4.78, 5) is 22.3. The Bertz CT molecular complexity index is 1940. The Kier molecular flexibility index (Phi) is 5.55. The van der Waals surface area contributed by atoms with E-state index in [4.69, 9.17) is 14.7 Å². The maximum atomic E-state index is 5.98. The first kappa shape index (κ1) is 22.8. The largest absolute Gasteiger partial charge is 0.487 e. The smallest absolute Gasteiger partial charge is 0.161 e. The molecule has 8 nitrogen and oxygen atoms in total. The number of aromatic nitrogens is 7. The SMILES string of the molecule is Cc1cccc(-c2nccc3[nH]c(-c4n[nH]c5ccc(-c6cncc(OCc7ccccc7)c6)nc45)nc23)c1. The van der Waals surface area contributed by atoms with Crippen molar-refractivity contribution in [3.63, 3.8) is 0 Å². The zero-order valence-corrected chi connectivity index (χ0v) is 21.1. The first-order valence-corrected chi connectivity index (χ1v) is 12.6. The van der Waals surface area contributed by atoms with Gasteiger partial charge in [-0.05, 0) is 42.8 Å². The summed E-state index contributed by atoms with van der Waals surface area (Å²) < 4.78 is 5.98. The lowest BCUT2D eigenvalue weighted by Crippen LogP contribution is -1.96. The topological polar surface area (TPSA) is 105 Å². The van der Waals surface area contributed by atoms with Crippen molar-refractivity contribution in [3.05, 3.63) is 109 Å². The maximum absolute atomic E-state index is 5.98. The van der Waals surface area contributed by atoms with E-state index in [9.17, 15) is 0 Å². The van der Waals surface area contributed by atoms with Crippen LogP contribution >= 0.6 is 0 Å². The normalized spacial score (nSPS) is 11.3. The first-order chi connectivity index (χ1) is 19.2. The Hall–Kier alpha value is -5.37. The van der Waals surface area contributed by atoms with Crippen molar-refractivity contribution < 1.29 is 4.74 Å². The van der Waals surface area contributed by atoms with Gasteiger partial charge in [-0.25, -0.2) is 9.97 Å². The van der Waals surface area contributed by atoms with Crippen LogP contribution in [0.15, 0.2) is 97.5 Å². The van der Waals surface area contributed by atoms with Crippen molar-refractivity contribution >= 4 is 22.1 Å². The molecule has 2 aromatic carbocycles. The Morgan fingerprint density at radius 1 is 0.769 bits per heavy atom. The molecule has 5 heterocycles. The van der Waals surface area contributed by atoms with Crippen LogP contribution in [-0.4, -0.2) is 35.1 Å². The number of aromatic amines is 2. The molecule has 0 aliphatic heterocycles. The number of fused-ring (bicyclic) bond motifs is 2. The fraction of sp³-hybridized carbons (Fsp3) is 0.0645. The van der Waals surface area contributed by atoms with Gasteiger partial charge in [-0.1, -0.05) is 54.1 Å². The summed E-state index contributed by atoms with van der Waals surface area (Å²) in [7, 11) is 0. The quantitative estimate of drug-likeness (QED) is 0.265. The second-order valence-electron chi connectivity index (χ2n) is 9.36. The van der Waals surface area contributed by atoms with E-state index < -0.39 is 0 Å². The van der Waals surface area contributed by atoms with E-state index in [1.807, 2.05) is 66.7 Å². The predicted molar refractivity (Wildman–Crippen MR) is 151 cm³/mol. The molecule has 0 saturated heterocycles. The Morgan fingerprint density at radius 2 is 1.67 bits per heavy atom. The van der Waals surface area contributed by atoms with Crippen LogP contribution in [0.5, 0.6) is 5.75 Å². The molecule has 0 atom stereocenters. The van der Waals surface area contributed by atoms with Crippen LogP contribution < -0.4 is 4.74 Å². The van der Waals surface area contributed by atoms with Crippen LogP contribution in [0.2, 0.25) is 0 Å². The van der Waals surface area contributed by atoms with E-state index in [-0.39, 0.29) is 0 Å². The molecule has 2 N–H and O–H groups in total. The molecule has 5 aromatic heterocycles. The average Bonchev–Trinajstić information content (AvgIpc) is 3.60. The minimum atomic E-state index is 0.468. The summed E-state index contributed by atoms with van der Waals surface area (Å²) in [6.07, 6.45) is 5.29. The summed E-state index contributed by atoms with van der Waals surface area (Å²) in [5.41, 5.74) is 9.57. The zero-order valence-electron chi connectivity index (χ0n) is 21.1. The van der Waals surface area contributed by atoms with Gasteiger partial charge in [-0.15, -0.1) is 0 Å². The monoisotopic (exact) mass is 509 g/mol. The molecular formula is C31H23N7O. The number of hydrogen-bond acceptors (Lipinski definition) is 6. The van der Waals surface area contributed by atoms with E-state index >= 15 is 0 Å². The van der Waals surface area contributed by atoms with Gasteiger partial charge >= 0.3 is 0 Å². The molecule has 188 valence electrons. The highest BCUT2D eigenvalue weighted by molar-refractivity contribution is 5.95. The molecule has 8 heteroatoms. The predicted octanol–water partition coefficient (Wildman–Crippen LogP) is 6.51. The van der Waals surface area contributed by atoms with Crippen LogP contribution in [0.25, 0.3) is 56.1 Å². The van der Waals surface area contributed by atoms with Crippen molar-refractivity contribution in [2.45, 2.75) is 13.5 Å². The molecule has 0 fully saturated rings. The Balaban J connectivity index is 1.24. The van der Waals surface area contributed by atoms with E-state index in [0.717, 1.165) is 44.6 Å². The molecule has 0 aliphatic carbocycles. The van der Waals surface area contributed by atoms with Gasteiger partial charge in [-0.3, -0.25) is 15.1 Å². The average molecular weight is 510 g/mol. The van der Waals surface area contributed by atoms with E-state index in [1.165, 1.54) is 5.56 Å². The molecular weight excluding hydrogens is 486 g/mol. The van der Waals surface area contributed by atoms with Gasteiger partial charge in [0.05, 0.1) is 28.6 Å². The number of nitrogens with one attached hydrogen (secondary N) is 2. The van der Waals surface area contributed by atoms with Gasteiger partial charge in [0.1, 0.15) is 23.4 Å². The summed E-state index contributed by atoms with van der Waals surface area (Å²) in [6, 6.07) is 26.1. The zero-order chi connectivity index (χ0) is 26.2. The van der Waals surface area contributed by atoms with Crippen molar-refractivity contribution in [2.24, 2.45) is 0 Å². The van der Waals surface area contributed by atoms with Gasteiger partial charge in [0.2, 0.25) is 0 Å². The summed E-state index contributed by atoms with van der Waals surface area (Å²) >= 11 is 0. The highest BCUT2D eigenvalue weighted by Gasteiger charge is 2.17. The Morgan fingerprint density at radius 3 is 2.56 bits per heavy atom. The second kappa shape index (κ2) is 9.50. The van der Waals surface area contributed by atoms with Crippen LogP contribution in [0, 0.1) is 6.92 Å². The van der Waals surface area contributed by atoms with Crippen LogP contribution in [0.4, 0.5) is 0 Å². The third kappa shape index (κ3) is 4.38. The molecule has 0 radical (unpaired) electrons. The van der Waals surface area contributed by atoms with Gasteiger partial charge in [0.25, 0.3) is 0 Å². The maximum Gasteiger partial charge on any atom is 0.161 e. The third-order valence-corrected chi connectivity index (χ3v) is 6.58. The van der Waals surface area contributed by atoms with Crippen molar-refractivity contribution in [1.82, 2.24) is 35.1 Å². The van der Waals surface area contributed by atoms with Crippen molar-refractivity contribution in [2.75, 3.05) is 0 Å². The lowest BCUT2D eigenvalue weighted by atomic mass is 10.1. The fourth-order valence-corrected chi connectivity index (χ4v) is 4.65. The van der Waals surface area contributed by atoms with E-state index in [0.29, 0.717) is 29.4 Å². The van der Waals surface area contributed by atoms with Gasteiger partial charge in [0, 0.05) is 23.5 Å². The number of nitrogens with zero attached hydrogens (tertiary/aromatic N) is 5. The minimum absolute atomic E-state index is 0.468. The van der Waals surface area contributed by atoms with E-state index in [2.05, 4.69) is 44.2 Å². The van der Waals surface area contributed by atoms with Crippen LogP contribution in [-0.2, 0) is 6.61 Å². The molecule has 0 spiro atoms. The van der Waals surface area contributed by atoms with Crippen molar-refractivity contribution in [3.8, 4) is 39.8 Å². The minimum Gasteiger partial charge on any atom is -0.487 e. The molecule has 7 rings (SSSR count). The number of H-pyrrole nitrogens is 2. The van der Waals surface area contributed by atoms with Crippen molar-refractivity contribution in [1.29, 1.82) is 0 Å². The number of benzene rings is 2. The molecule has 0 saturated carbocycles.